The van der Waals surface area contributed by atoms with E-state index >= 15 is 0 Å². The maximum absolute atomic E-state index is 9.17. The Morgan fingerprint density at radius 3 is 1.17 bits per heavy atom. The third-order valence-corrected chi connectivity index (χ3v) is 2.06. The van der Waals surface area contributed by atoms with Gasteiger partial charge in [-0.2, -0.15) is 0 Å². The molecule has 0 unspecified atom stereocenters. The van der Waals surface area contributed by atoms with Crippen LogP contribution in [-0.4, -0.2) is 88.7 Å². The smallest absolute Gasteiger partial charge is 0.403 e. The zero-order chi connectivity index (χ0) is 17.0. The van der Waals surface area contributed by atoms with Crippen LogP contribution in [-0.2, 0) is 41.1 Å². The topological polar surface area (TPSA) is 204 Å². The zero-order valence-corrected chi connectivity index (χ0v) is 11.0. The molecule has 23 heavy (non-hydrogen) atoms. The van der Waals surface area contributed by atoms with Gasteiger partial charge in [-0.1, -0.05) is 0 Å². The summed E-state index contributed by atoms with van der Waals surface area (Å²) in [6.07, 6.45) is 0. The Hall–Kier alpha value is -0.0805. The second-order valence-corrected chi connectivity index (χ2v) is 3.64. The van der Waals surface area contributed by atoms with Crippen molar-refractivity contribution in [2.75, 3.05) is 0 Å². The maximum Gasteiger partial charge on any atom is 0.612 e. The monoisotopic (exact) mass is 334 g/mol. The van der Waals surface area contributed by atoms with Crippen LogP contribution in [0.5, 0.6) is 0 Å². The highest BCUT2D eigenvalue weighted by molar-refractivity contribution is 6.71. The molecule has 2 heterocycles. The molecule has 2 fully saturated rings. The van der Waals surface area contributed by atoms with Gasteiger partial charge in [-0.3, -0.25) is 0 Å². The Labute approximate surface area is 131 Å². The van der Waals surface area contributed by atoms with E-state index < -0.39 is 58.6 Å². The van der Waals surface area contributed by atoms with Gasteiger partial charge in [0.25, 0.3) is 0 Å². The van der Waals surface area contributed by atoms with Crippen molar-refractivity contribution in [1.29, 1.82) is 0 Å². The SMILES string of the molecule is OB(OB(O)OB(O)OB1OB(O)O1)OB(O)OB1OB(O)O1. The Morgan fingerprint density at radius 1 is 0.565 bits per heavy atom. The van der Waals surface area contributed by atoms with Crippen molar-refractivity contribution in [3.63, 3.8) is 0 Å². The summed E-state index contributed by atoms with van der Waals surface area (Å²) < 4.78 is 39.0. The van der Waals surface area contributed by atoms with Gasteiger partial charge in [0, 0.05) is 0 Å². The summed E-state index contributed by atoms with van der Waals surface area (Å²) in [5, 5.41) is 53.8. The molecule has 2 rings (SSSR count). The van der Waals surface area contributed by atoms with Crippen LogP contribution in [0.15, 0.2) is 0 Å². The Kier molecular flexibility index (Phi) is 7.41. The Morgan fingerprint density at radius 2 is 0.870 bits per heavy atom. The summed E-state index contributed by atoms with van der Waals surface area (Å²) in [7, 11) is -14.6. The third kappa shape index (κ3) is 6.74. The summed E-state index contributed by atoms with van der Waals surface area (Å²) in [5.74, 6) is 0. The number of hydrogen-bond acceptors (Lipinski definition) is 15. The summed E-state index contributed by atoms with van der Waals surface area (Å²) >= 11 is 0. The first-order chi connectivity index (χ1) is 10.8. The standard InChI is InChI=1S/B8H6O15/c9-1(16-3(11)18-7-20-5(13)21-7)15-2(10)17-4(12)19-8-22-6(14)23-8/h9-14H. The molecule has 0 aromatic carbocycles. The molecule has 2 saturated heterocycles. The van der Waals surface area contributed by atoms with E-state index in [-0.39, 0.29) is 0 Å². The first kappa shape index (κ1) is 19.2. The molecule has 0 aliphatic carbocycles. The predicted molar refractivity (Wildman–Crippen MR) is 69.1 cm³/mol. The molecule has 0 radical (unpaired) electrons. The van der Waals surface area contributed by atoms with Gasteiger partial charge in [0.15, 0.2) is 0 Å². The minimum absolute atomic E-state index is 1.43. The summed E-state index contributed by atoms with van der Waals surface area (Å²) in [4.78, 5) is 0. The lowest BCUT2D eigenvalue weighted by molar-refractivity contribution is 0.108. The Balaban J connectivity index is 1.55. The molecule has 23 heteroatoms. The molecule has 0 amide bonds. The molecule has 0 atom stereocenters. The second-order valence-electron chi connectivity index (χ2n) is 3.64. The number of hydrogen-bond donors (Lipinski definition) is 6. The Bertz CT molecular complexity index is 310. The van der Waals surface area contributed by atoms with Crippen molar-refractivity contribution in [2.24, 2.45) is 0 Å². The lowest BCUT2D eigenvalue weighted by Crippen LogP contribution is -2.55. The molecule has 120 valence electrons. The van der Waals surface area contributed by atoms with Gasteiger partial charge >= 0.3 is 58.6 Å². The highest BCUT2D eigenvalue weighted by atomic mass is 16.9. The molecule has 0 aromatic heterocycles. The first-order valence-electron chi connectivity index (χ1n) is 5.79. The molecule has 0 spiro atoms. The molecule has 0 saturated carbocycles. The third-order valence-electron chi connectivity index (χ3n) is 2.06. The second kappa shape index (κ2) is 8.85. The van der Waals surface area contributed by atoms with E-state index in [0.29, 0.717) is 0 Å². The average Bonchev–Trinajstić information content (AvgIpc) is 2.34. The van der Waals surface area contributed by atoms with Gasteiger partial charge in [0.2, 0.25) is 0 Å². The van der Waals surface area contributed by atoms with Crippen molar-refractivity contribution in [2.45, 2.75) is 0 Å². The quantitative estimate of drug-likeness (QED) is 0.205. The molecule has 6 N–H and O–H groups in total. The zero-order valence-electron chi connectivity index (χ0n) is 11.0. The van der Waals surface area contributed by atoms with Crippen molar-refractivity contribution >= 4 is 58.6 Å². The van der Waals surface area contributed by atoms with Crippen LogP contribution in [0.1, 0.15) is 0 Å². The molecular formula is H6B8O15. The fraction of sp³-hybridized carbons (Fsp3) is 0. The van der Waals surface area contributed by atoms with Crippen molar-refractivity contribution < 1.29 is 71.3 Å². The van der Waals surface area contributed by atoms with Crippen molar-refractivity contribution in [3.8, 4) is 0 Å². The normalized spacial score (nSPS) is 17.0. The van der Waals surface area contributed by atoms with Crippen LogP contribution in [0.3, 0.4) is 0 Å². The van der Waals surface area contributed by atoms with E-state index in [1.54, 1.807) is 0 Å². The van der Waals surface area contributed by atoms with Gasteiger partial charge in [0.05, 0.1) is 0 Å². The summed E-state index contributed by atoms with van der Waals surface area (Å²) in [6.45, 7) is 0. The largest absolute Gasteiger partial charge is 0.612 e. The molecule has 2 aliphatic heterocycles. The van der Waals surface area contributed by atoms with E-state index in [2.05, 4.69) is 41.1 Å². The fourth-order valence-corrected chi connectivity index (χ4v) is 1.15. The molecule has 2 aliphatic rings. The lowest BCUT2D eigenvalue weighted by atomic mass is 9.93. The molecule has 0 aromatic rings. The first-order valence-corrected chi connectivity index (χ1v) is 5.79. The maximum atomic E-state index is 9.17. The minimum Gasteiger partial charge on any atom is -0.403 e. The van der Waals surface area contributed by atoms with Crippen LogP contribution in [0.25, 0.3) is 0 Å². The van der Waals surface area contributed by atoms with E-state index in [9.17, 15) is 10.0 Å². The highest BCUT2D eigenvalue weighted by Crippen LogP contribution is 2.10. The van der Waals surface area contributed by atoms with Gasteiger partial charge < -0.3 is 71.3 Å². The lowest BCUT2D eigenvalue weighted by Gasteiger charge is -2.26. The average molecular weight is 333 g/mol. The van der Waals surface area contributed by atoms with E-state index in [1.165, 1.54) is 0 Å². The van der Waals surface area contributed by atoms with Crippen molar-refractivity contribution in [3.05, 3.63) is 0 Å². The summed E-state index contributed by atoms with van der Waals surface area (Å²) in [6, 6.07) is 0. The van der Waals surface area contributed by atoms with E-state index in [4.69, 9.17) is 20.1 Å². The van der Waals surface area contributed by atoms with Crippen LogP contribution in [0.2, 0.25) is 0 Å². The summed E-state index contributed by atoms with van der Waals surface area (Å²) in [5.41, 5.74) is 0. The minimum atomic E-state index is -2.27. The fourth-order valence-electron chi connectivity index (χ4n) is 1.15. The predicted octanol–water partition coefficient (Wildman–Crippen LogP) is -7.00. The molecule has 0 bridgehead atoms. The highest BCUT2D eigenvalue weighted by Gasteiger charge is 2.48. The molecular weight excluding hydrogens is 326 g/mol. The van der Waals surface area contributed by atoms with Gasteiger partial charge in [-0.15, -0.1) is 0 Å². The van der Waals surface area contributed by atoms with E-state index in [1.807, 2.05) is 0 Å². The van der Waals surface area contributed by atoms with Crippen LogP contribution in [0.4, 0.5) is 0 Å². The molecule has 15 nitrogen and oxygen atoms in total. The van der Waals surface area contributed by atoms with Crippen molar-refractivity contribution in [1.82, 2.24) is 0 Å². The van der Waals surface area contributed by atoms with Crippen LogP contribution < -0.4 is 0 Å². The van der Waals surface area contributed by atoms with Crippen LogP contribution >= 0.6 is 0 Å². The van der Waals surface area contributed by atoms with Crippen LogP contribution in [0, 0.1) is 0 Å². The van der Waals surface area contributed by atoms with E-state index in [0.717, 1.165) is 0 Å². The number of rotatable bonds is 10. The van der Waals surface area contributed by atoms with Gasteiger partial charge in [0.1, 0.15) is 0 Å². The van der Waals surface area contributed by atoms with Gasteiger partial charge in [-0.05, 0) is 0 Å². The van der Waals surface area contributed by atoms with Gasteiger partial charge in [-0.25, -0.2) is 0 Å².